The van der Waals surface area contributed by atoms with Crippen molar-refractivity contribution in [3.63, 3.8) is 0 Å². The van der Waals surface area contributed by atoms with Crippen molar-refractivity contribution in [2.45, 2.75) is 30.7 Å². The van der Waals surface area contributed by atoms with Crippen molar-refractivity contribution >= 4 is 46.4 Å². The molecule has 3 aliphatic heterocycles. The zero-order chi connectivity index (χ0) is 57.3. The van der Waals surface area contributed by atoms with Crippen LogP contribution in [0.3, 0.4) is 0 Å². The van der Waals surface area contributed by atoms with Crippen molar-refractivity contribution in [3.8, 4) is 50.3 Å². The lowest BCUT2D eigenvalue weighted by molar-refractivity contribution is -0.285. The molecule has 0 amide bonds. The highest BCUT2D eigenvalue weighted by Gasteiger charge is 2.44. The van der Waals surface area contributed by atoms with E-state index in [0.717, 1.165) is 0 Å². The van der Waals surface area contributed by atoms with E-state index in [1.165, 1.54) is 0 Å². The number of aliphatic hydroxyl groups is 4. The Bertz CT molecular complexity index is 3790. The summed E-state index contributed by atoms with van der Waals surface area (Å²) >= 11 is 0. The van der Waals surface area contributed by atoms with Gasteiger partial charge in [-0.25, -0.2) is 84.6 Å². The fraction of sp³-hybridized carbons (Fsp3) is 0.120. The standard InChI is InChI=1S/C50H21F19N4O6/c51-27-23(28(52)36(60)41(65)35(27)59)19-10-1-3-12(70-10)20(24-29(53)37(61)42(66)38(62)30(24)54)14-5-7-16(72-14)22(26-33(57)44(68)49(45(69)34(26)58)78-9-18-46(74)47(75)48(76)50(77)79-18)17-8-6-15(73-17)21(13-4-2-11(19)71-13)25-31(55)39(63)43(67)40(64)32(25)56/h1-8,18,46-48,50,72-77H,9H2/t18-,46+,47+,48-,50?/m1/s1. The molecule has 10 rings (SSSR count). The maximum atomic E-state index is 16.8. The monoisotopic (exact) mass is 1130 g/mol. The number of aromatic amines is 2. The summed E-state index contributed by atoms with van der Waals surface area (Å²) in [4.78, 5) is 12.5. The van der Waals surface area contributed by atoms with Crippen molar-refractivity contribution in [2.24, 2.45) is 0 Å². The van der Waals surface area contributed by atoms with E-state index < -0.39 is 243 Å². The Morgan fingerprint density at radius 2 is 0.620 bits per heavy atom. The Morgan fingerprint density at radius 1 is 0.342 bits per heavy atom. The van der Waals surface area contributed by atoms with E-state index in [0.29, 0.717) is 48.6 Å². The molecule has 0 aliphatic carbocycles. The van der Waals surface area contributed by atoms with Crippen molar-refractivity contribution in [1.29, 1.82) is 0 Å². The van der Waals surface area contributed by atoms with Gasteiger partial charge in [-0.05, 0) is 48.6 Å². The van der Waals surface area contributed by atoms with Gasteiger partial charge >= 0.3 is 0 Å². The predicted molar refractivity (Wildman–Crippen MR) is 234 cm³/mol. The molecule has 3 aromatic heterocycles. The largest absolute Gasteiger partial charge is 0.485 e. The van der Waals surface area contributed by atoms with Crippen LogP contribution in [-0.4, -0.2) is 77.7 Å². The molecule has 1 unspecified atom stereocenters. The number of hydrogen-bond acceptors (Lipinski definition) is 8. The zero-order valence-corrected chi connectivity index (χ0v) is 37.9. The highest BCUT2D eigenvalue weighted by atomic mass is 19.2. The molecule has 5 atom stereocenters. The lowest BCUT2D eigenvalue weighted by Crippen LogP contribution is -2.58. The molecule has 410 valence electrons. The second-order valence-corrected chi connectivity index (χ2v) is 17.1. The van der Waals surface area contributed by atoms with Crippen molar-refractivity contribution < 1.29 is 113 Å². The Hall–Kier alpha value is -8.25. The summed E-state index contributed by atoms with van der Waals surface area (Å²) in [5.74, 6) is -51.7. The van der Waals surface area contributed by atoms with Gasteiger partial charge in [0.1, 0.15) is 31.0 Å². The Kier molecular flexibility index (Phi) is 13.4. The minimum absolute atomic E-state index is 0.572. The van der Waals surface area contributed by atoms with Crippen molar-refractivity contribution in [1.82, 2.24) is 19.9 Å². The number of nitrogens with one attached hydrogen (secondary N) is 2. The number of fused-ring (bicyclic) bond motifs is 8. The number of hydrogen-bond donors (Lipinski definition) is 6. The molecule has 0 radical (unpaired) electrons. The second-order valence-electron chi connectivity index (χ2n) is 17.1. The van der Waals surface area contributed by atoms with Crippen molar-refractivity contribution in [2.75, 3.05) is 6.61 Å². The first-order chi connectivity index (χ1) is 37.3. The summed E-state index contributed by atoms with van der Waals surface area (Å²) in [7, 11) is 0. The molecule has 1 saturated heterocycles. The molecule has 3 aliphatic rings. The number of rotatable bonds is 7. The highest BCUT2D eigenvalue weighted by Crippen LogP contribution is 2.45. The summed E-state index contributed by atoms with van der Waals surface area (Å²) in [6, 6.07) is 2.52. The summed E-state index contributed by atoms with van der Waals surface area (Å²) < 4.78 is 306. The maximum absolute atomic E-state index is 16.8. The first-order valence-electron chi connectivity index (χ1n) is 21.9. The highest BCUT2D eigenvalue weighted by molar-refractivity contribution is 6.01. The normalized spacial score (nSPS) is 18.1. The third-order valence-corrected chi connectivity index (χ3v) is 12.7. The third-order valence-electron chi connectivity index (χ3n) is 12.7. The van der Waals surface area contributed by atoms with Gasteiger partial charge in [0.15, 0.2) is 93.5 Å². The van der Waals surface area contributed by atoms with E-state index in [1.807, 2.05) is 0 Å². The van der Waals surface area contributed by atoms with E-state index in [-0.39, 0.29) is 0 Å². The number of ether oxygens (including phenoxy) is 2. The smallest absolute Gasteiger partial charge is 0.204 e. The summed E-state index contributed by atoms with van der Waals surface area (Å²) in [5, 5.41) is 40.0. The van der Waals surface area contributed by atoms with Gasteiger partial charge in [0, 0.05) is 44.3 Å². The van der Waals surface area contributed by atoms with Gasteiger partial charge in [-0.3, -0.25) is 0 Å². The average molecular weight is 1130 g/mol. The van der Waals surface area contributed by atoms with Crippen LogP contribution in [0.25, 0.3) is 90.9 Å². The van der Waals surface area contributed by atoms with Crippen LogP contribution < -0.4 is 4.74 Å². The van der Waals surface area contributed by atoms with Gasteiger partial charge in [-0.15, -0.1) is 0 Å². The van der Waals surface area contributed by atoms with Crippen LogP contribution in [0.4, 0.5) is 83.4 Å². The van der Waals surface area contributed by atoms with Crippen molar-refractivity contribution in [3.05, 3.63) is 158 Å². The van der Waals surface area contributed by atoms with Crippen LogP contribution in [0.1, 0.15) is 22.8 Å². The minimum Gasteiger partial charge on any atom is -0.485 e. The van der Waals surface area contributed by atoms with Crippen LogP contribution >= 0.6 is 0 Å². The predicted octanol–water partition coefficient (Wildman–Crippen LogP) is 11.1. The SMILES string of the molecule is OC1O[C@H](COc2c(F)c(F)c(-c3c4ccc([nH]4)c(-c4c(F)c(F)c(F)c(F)c4F)c4nc(c(-c5c(F)c(F)c(F)c(F)c5F)c5nc(c(-c6c(F)c(F)c(F)c(F)c6F)c6ccc3[nH]6)C=C5)C=C4)c(F)c2F)[C@H](O)[C@H](O)[C@H]1O. The van der Waals surface area contributed by atoms with E-state index in [2.05, 4.69) is 19.9 Å². The molecular weight excluding hydrogens is 1110 g/mol. The molecule has 0 spiro atoms. The molecule has 1 fully saturated rings. The van der Waals surface area contributed by atoms with Crippen LogP contribution in [0, 0.1) is 111 Å². The van der Waals surface area contributed by atoms with Gasteiger partial charge in [-0.2, -0.15) is 8.78 Å². The van der Waals surface area contributed by atoms with Gasteiger partial charge in [0.2, 0.25) is 29.1 Å². The molecule has 0 saturated carbocycles. The Labute approximate surface area is 424 Å². The van der Waals surface area contributed by atoms with Crippen LogP contribution in [0.15, 0.2) is 24.3 Å². The average Bonchev–Trinajstić information content (AvgIpc) is 4.52. The van der Waals surface area contributed by atoms with Crippen LogP contribution in [0.5, 0.6) is 5.75 Å². The quantitative estimate of drug-likeness (QED) is 0.0523. The first kappa shape index (κ1) is 54.1. The number of aromatic nitrogens is 4. The van der Waals surface area contributed by atoms with E-state index in [4.69, 9.17) is 9.47 Å². The topological polar surface area (TPSA) is 157 Å². The fourth-order valence-corrected chi connectivity index (χ4v) is 8.92. The summed E-state index contributed by atoms with van der Waals surface area (Å²) in [6.07, 6.45) is -8.45. The van der Waals surface area contributed by atoms with E-state index in [9.17, 15) is 33.6 Å². The molecule has 4 aromatic carbocycles. The number of aliphatic hydroxyl groups excluding tert-OH is 4. The second kappa shape index (κ2) is 19.6. The lowest BCUT2D eigenvalue weighted by atomic mass is 9.99. The number of benzene rings is 4. The molecular formula is C50H21F19N4O6. The number of H-pyrrole nitrogens is 2. The number of nitrogens with zero attached hydrogens (tertiary/aromatic N) is 2. The minimum atomic E-state index is -2.74. The fourth-order valence-electron chi connectivity index (χ4n) is 8.92. The van der Waals surface area contributed by atoms with Gasteiger partial charge in [0.05, 0.1) is 45.0 Å². The zero-order valence-electron chi connectivity index (χ0n) is 37.9. The summed E-state index contributed by atoms with van der Waals surface area (Å²) in [6.45, 7) is -1.34. The third kappa shape index (κ3) is 8.27. The van der Waals surface area contributed by atoms with Gasteiger partial charge in [0.25, 0.3) is 0 Å². The molecule has 6 heterocycles. The Balaban J connectivity index is 1.38. The molecule has 29 heteroatoms. The van der Waals surface area contributed by atoms with E-state index in [1.54, 1.807) is 0 Å². The lowest BCUT2D eigenvalue weighted by Gasteiger charge is -2.38. The molecule has 6 N–H and O–H groups in total. The molecule has 10 nitrogen and oxygen atoms in total. The number of halogens is 19. The molecule has 8 bridgehead atoms. The first-order valence-corrected chi connectivity index (χ1v) is 21.9. The summed E-state index contributed by atoms with van der Waals surface area (Å²) in [5.41, 5.74) is -20.9. The van der Waals surface area contributed by atoms with Gasteiger partial charge < -0.3 is 39.9 Å². The Morgan fingerprint density at radius 3 is 0.975 bits per heavy atom. The van der Waals surface area contributed by atoms with Crippen LogP contribution in [0.2, 0.25) is 0 Å². The van der Waals surface area contributed by atoms with Gasteiger partial charge in [-0.1, -0.05) is 0 Å². The van der Waals surface area contributed by atoms with Crippen LogP contribution in [-0.2, 0) is 4.74 Å². The molecule has 7 aromatic rings. The van der Waals surface area contributed by atoms with E-state index >= 15 is 70.2 Å². The maximum Gasteiger partial charge on any atom is 0.204 e. The molecule has 79 heavy (non-hydrogen) atoms.